The van der Waals surface area contributed by atoms with Crippen LogP contribution in [0, 0.1) is 0 Å². The molecule has 70 heavy (non-hydrogen) atoms. The minimum atomic E-state index is -2.50. The van der Waals surface area contributed by atoms with E-state index in [1.165, 1.54) is 44.2 Å². The van der Waals surface area contributed by atoms with Gasteiger partial charge >= 0.3 is 23.9 Å². The van der Waals surface area contributed by atoms with Gasteiger partial charge in [0.05, 0.1) is 19.3 Å². The molecule has 2 saturated heterocycles. The Labute approximate surface area is 401 Å². The highest BCUT2D eigenvalue weighted by Crippen LogP contribution is 2.34. The van der Waals surface area contributed by atoms with E-state index in [0.29, 0.717) is 5.56 Å². The van der Waals surface area contributed by atoms with Gasteiger partial charge in [-0.25, -0.2) is 19.2 Å². The molecule has 0 spiro atoms. The smallest absolute Gasteiger partial charge is 0.336 e. The van der Waals surface area contributed by atoms with Crippen LogP contribution < -0.4 is 0 Å². The van der Waals surface area contributed by atoms with Crippen LogP contribution in [-0.2, 0) is 47.6 Å². The van der Waals surface area contributed by atoms with Crippen molar-refractivity contribution in [3.05, 3.63) is 113 Å². The fourth-order valence-corrected chi connectivity index (χ4v) is 6.99. The molecule has 4 rings (SSSR count). The predicted molar refractivity (Wildman–Crippen MR) is 241 cm³/mol. The summed E-state index contributed by atoms with van der Waals surface area (Å²) in [5.41, 5.74) is -0.549. The average Bonchev–Trinajstić information content (AvgIpc) is 3.31. The highest BCUT2D eigenvalue weighted by molar-refractivity contribution is 5.89. The first kappa shape index (κ1) is 56.7. The van der Waals surface area contributed by atoms with Gasteiger partial charge in [0, 0.05) is 30.1 Å². The number of allylic oxidation sites excluding steroid dienone is 12. The molecule has 384 valence electrons. The van der Waals surface area contributed by atoms with Crippen molar-refractivity contribution in [2.45, 2.75) is 126 Å². The number of aliphatic hydroxyl groups excluding tert-OH is 8. The number of phenols is 2. The molecule has 22 heteroatoms. The zero-order valence-electron chi connectivity index (χ0n) is 38.4. The Morgan fingerprint density at radius 1 is 0.657 bits per heavy atom. The topological polar surface area (TPSA) is 366 Å². The number of carboxylic acids is 1. The minimum absolute atomic E-state index is 0.0659. The highest BCUT2D eigenvalue weighted by atomic mass is 16.7. The van der Waals surface area contributed by atoms with E-state index in [4.69, 9.17) is 28.4 Å². The van der Waals surface area contributed by atoms with Crippen LogP contribution in [0.1, 0.15) is 46.1 Å². The zero-order chi connectivity index (χ0) is 52.0. The van der Waals surface area contributed by atoms with Gasteiger partial charge in [-0.05, 0) is 51.5 Å². The molecule has 0 bridgehead atoms. The summed E-state index contributed by atoms with van der Waals surface area (Å²) in [5, 5.41) is 121. The van der Waals surface area contributed by atoms with Gasteiger partial charge in [0.25, 0.3) is 0 Å². The molecule has 0 amide bonds. The molecule has 3 fully saturated rings. The SMILES string of the molecule is CC(=C/C=C/C=C(C)/C=C/C=C(\C)C(=O)O[C@@H]1O[C@H](CO[C@@H]2O[C@H](CO)[C@@H](O)[C@H](O)[C@H]2O)[C@@H](O)[C@H](O)[C@H]1O)/C=C/C=C(\C)C(=O)O[C@@H]1[C@H](O)C[C@@](O)(C(=O)O)C[C@H]1OC(=O)/C=C/c1ccc(O)c(O)c1. The Morgan fingerprint density at radius 3 is 1.76 bits per heavy atom. The molecule has 2 aliphatic heterocycles. The quantitative estimate of drug-likeness (QED) is 0.0291. The first-order valence-corrected chi connectivity index (χ1v) is 21.8. The molecule has 1 aromatic rings. The number of rotatable bonds is 18. The highest BCUT2D eigenvalue weighted by Gasteiger charge is 2.53. The Kier molecular flexibility index (Phi) is 20.9. The van der Waals surface area contributed by atoms with Crippen LogP contribution in [0.3, 0.4) is 0 Å². The van der Waals surface area contributed by atoms with Gasteiger partial charge in [-0.15, -0.1) is 0 Å². The van der Waals surface area contributed by atoms with Crippen LogP contribution >= 0.6 is 0 Å². The van der Waals surface area contributed by atoms with Crippen molar-refractivity contribution in [3.63, 3.8) is 0 Å². The van der Waals surface area contributed by atoms with E-state index in [0.717, 1.165) is 23.3 Å². The Balaban J connectivity index is 1.28. The van der Waals surface area contributed by atoms with E-state index in [9.17, 15) is 80.5 Å². The van der Waals surface area contributed by atoms with E-state index in [-0.39, 0.29) is 16.9 Å². The van der Waals surface area contributed by atoms with Gasteiger partial charge < -0.3 is 89.7 Å². The van der Waals surface area contributed by atoms with Crippen molar-refractivity contribution < 1.29 is 109 Å². The molecule has 22 nitrogen and oxygen atoms in total. The van der Waals surface area contributed by atoms with Crippen LogP contribution in [0.5, 0.6) is 11.5 Å². The number of ether oxygens (including phenoxy) is 6. The molecule has 14 atom stereocenters. The van der Waals surface area contributed by atoms with E-state index in [1.54, 1.807) is 62.5 Å². The molecular weight excluding hydrogens is 929 g/mol. The molecule has 0 radical (unpaired) electrons. The van der Waals surface area contributed by atoms with Crippen molar-refractivity contribution in [2.24, 2.45) is 0 Å². The lowest BCUT2D eigenvalue weighted by Gasteiger charge is -2.42. The number of esters is 3. The van der Waals surface area contributed by atoms with Gasteiger partial charge in [0.15, 0.2) is 29.5 Å². The number of hydrogen-bond acceptors (Lipinski definition) is 21. The van der Waals surface area contributed by atoms with Crippen LogP contribution in [-0.4, -0.2) is 184 Å². The number of aliphatic hydroxyl groups is 9. The number of aliphatic carboxylic acids is 1. The molecule has 0 unspecified atom stereocenters. The first-order chi connectivity index (χ1) is 33.0. The number of carbonyl (C=O) groups excluding carboxylic acids is 3. The Bertz CT molecular complexity index is 2260. The van der Waals surface area contributed by atoms with E-state index < -0.39 is 141 Å². The number of aromatic hydroxyl groups is 2. The lowest BCUT2D eigenvalue weighted by Crippen LogP contribution is -2.61. The van der Waals surface area contributed by atoms with Crippen molar-refractivity contribution in [3.8, 4) is 11.5 Å². The largest absolute Gasteiger partial charge is 0.504 e. The van der Waals surface area contributed by atoms with Gasteiger partial charge in [-0.3, -0.25) is 0 Å². The third kappa shape index (κ3) is 15.6. The van der Waals surface area contributed by atoms with E-state index >= 15 is 0 Å². The standard InChI is InChI=1S/C48H60O22/c1-24(11-7-13-26(3)43(60)69-42-31(52)20-48(64,47(62)63)21-32(42)66-35(53)18-16-28-15-17-29(50)30(51)19-28)9-5-6-10-25(2)12-8-14-27(4)44(61)70-46-41(59)39(57)37(55)34(68-46)23-65-45-40(58)38(56)36(54)33(22-49)67-45/h5-19,31-34,36-42,45-46,49-52,54-59,64H,20-23H2,1-4H3,(H,62,63)/b6-5+,11-7+,12-8+,18-16+,24-9-,25-10+,26-13+,27-14+/t31-,32-,33-,34-,36-,37-,38+,39+,40-,41-,42-,45-,46+,48+/m1/s1. The summed E-state index contributed by atoms with van der Waals surface area (Å²) in [6, 6.07) is 3.73. The summed E-state index contributed by atoms with van der Waals surface area (Å²) < 4.78 is 32.1. The van der Waals surface area contributed by atoms with Crippen LogP contribution in [0.25, 0.3) is 6.08 Å². The summed E-state index contributed by atoms with van der Waals surface area (Å²) in [6.07, 6.45) is -4.47. The fraction of sp³-hybridized carbons (Fsp3) is 0.458. The number of hydrogen-bond donors (Lipinski definition) is 12. The second-order valence-electron chi connectivity index (χ2n) is 16.8. The maximum absolute atomic E-state index is 13.0. The van der Waals surface area contributed by atoms with Crippen LogP contribution in [0.15, 0.2) is 107 Å². The van der Waals surface area contributed by atoms with Gasteiger partial charge in [0.1, 0.15) is 54.9 Å². The first-order valence-electron chi connectivity index (χ1n) is 21.8. The normalized spacial score (nSPS) is 32.7. The maximum Gasteiger partial charge on any atom is 0.336 e. The monoisotopic (exact) mass is 988 g/mol. The van der Waals surface area contributed by atoms with Crippen molar-refractivity contribution in [1.29, 1.82) is 0 Å². The Hall–Kier alpha value is -5.86. The lowest BCUT2D eigenvalue weighted by atomic mass is 9.79. The summed E-state index contributed by atoms with van der Waals surface area (Å²) in [4.78, 5) is 50.4. The molecule has 3 aliphatic rings. The third-order valence-corrected chi connectivity index (χ3v) is 11.2. The summed E-state index contributed by atoms with van der Waals surface area (Å²) in [6.45, 7) is 5.09. The minimum Gasteiger partial charge on any atom is -0.504 e. The number of carboxylic acid groups (broad SMARTS) is 1. The summed E-state index contributed by atoms with van der Waals surface area (Å²) in [5.74, 6) is -5.41. The van der Waals surface area contributed by atoms with E-state index in [1.807, 2.05) is 0 Å². The number of benzene rings is 1. The van der Waals surface area contributed by atoms with Crippen LogP contribution in [0.4, 0.5) is 0 Å². The molecular formula is C48H60O22. The number of carbonyl (C=O) groups is 4. The van der Waals surface area contributed by atoms with Gasteiger partial charge in [-0.1, -0.05) is 78.0 Å². The third-order valence-electron chi connectivity index (χ3n) is 11.2. The number of phenolic OH excluding ortho intramolecular Hbond substituents is 2. The molecule has 0 aromatic heterocycles. The molecule has 12 N–H and O–H groups in total. The second kappa shape index (κ2) is 25.8. The molecule has 1 saturated carbocycles. The maximum atomic E-state index is 13.0. The van der Waals surface area contributed by atoms with Crippen molar-refractivity contribution >= 4 is 30.0 Å². The van der Waals surface area contributed by atoms with Gasteiger partial charge in [-0.2, -0.15) is 0 Å². The Morgan fingerprint density at radius 2 is 1.20 bits per heavy atom. The molecule has 2 heterocycles. The van der Waals surface area contributed by atoms with Crippen molar-refractivity contribution in [1.82, 2.24) is 0 Å². The summed E-state index contributed by atoms with van der Waals surface area (Å²) >= 11 is 0. The van der Waals surface area contributed by atoms with Crippen molar-refractivity contribution in [2.75, 3.05) is 13.2 Å². The molecule has 1 aliphatic carbocycles. The zero-order valence-corrected chi connectivity index (χ0v) is 38.4. The fourth-order valence-electron chi connectivity index (χ4n) is 6.99. The van der Waals surface area contributed by atoms with E-state index in [2.05, 4.69) is 0 Å². The molecule has 1 aromatic carbocycles. The van der Waals surface area contributed by atoms with Gasteiger partial charge in [0.2, 0.25) is 6.29 Å². The predicted octanol–water partition coefficient (Wildman–Crippen LogP) is -0.474. The lowest BCUT2D eigenvalue weighted by molar-refractivity contribution is -0.326. The average molecular weight is 989 g/mol. The summed E-state index contributed by atoms with van der Waals surface area (Å²) in [7, 11) is 0. The van der Waals surface area contributed by atoms with Crippen LogP contribution in [0.2, 0.25) is 0 Å². The second-order valence-corrected chi connectivity index (χ2v) is 16.8.